The average Bonchev–Trinajstić information content (AvgIpc) is 2.94. The average molecular weight is 233 g/mol. The largest absolute Gasteiger partial charge is 0.382 e. The first kappa shape index (κ1) is 10.5. The van der Waals surface area contributed by atoms with Gasteiger partial charge >= 0.3 is 0 Å². The van der Waals surface area contributed by atoms with Gasteiger partial charge in [0.05, 0.1) is 11.8 Å². The van der Waals surface area contributed by atoms with E-state index in [1.54, 1.807) is 4.52 Å². The van der Waals surface area contributed by atoms with Gasteiger partial charge in [0.25, 0.3) is 0 Å². The molecule has 1 fully saturated rings. The number of hydrogen-bond donors (Lipinski definition) is 2. The van der Waals surface area contributed by atoms with E-state index < -0.39 is 0 Å². The molecule has 3 heterocycles. The lowest BCUT2D eigenvalue weighted by molar-refractivity contribution is 0.0464. The van der Waals surface area contributed by atoms with Crippen molar-refractivity contribution >= 4 is 11.3 Å². The van der Waals surface area contributed by atoms with Crippen LogP contribution in [0.25, 0.3) is 5.52 Å². The maximum Gasteiger partial charge on any atom is 0.151 e. The third-order valence-corrected chi connectivity index (χ3v) is 3.21. The Labute approximate surface area is 98.6 Å². The minimum atomic E-state index is 0.0559. The molecule has 0 saturated carbocycles. The van der Waals surface area contributed by atoms with E-state index in [-0.39, 0.29) is 12.2 Å². The van der Waals surface area contributed by atoms with Crippen molar-refractivity contribution in [2.75, 3.05) is 12.3 Å². The molecule has 0 aromatic carbocycles. The Hall–Kier alpha value is -1.66. The Morgan fingerprint density at radius 1 is 1.41 bits per heavy atom. The number of aromatic nitrogens is 3. The van der Waals surface area contributed by atoms with Gasteiger partial charge in [0.15, 0.2) is 5.82 Å². The molecule has 4 N–H and O–H groups in total. The van der Waals surface area contributed by atoms with Gasteiger partial charge in [-0.1, -0.05) is 0 Å². The van der Waals surface area contributed by atoms with Gasteiger partial charge < -0.3 is 16.2 Å². The van der Waals surface area contributed by atoms with Crippen LogP contribution in [-0.2, 0) is 4.74 Å². The first-order chi connectivity index (χ1) is 8.29. The molecule has 6 heteroatoms. The third kappa shape index (κ3) is 1.65. The van der Waals surface area contributed by atoms with Crippen LogP contribution in [0.1, 0.15) is 24.6 Å². The summed E-state index contributed by atoms with van der Waals surface area (Å²) in [6.07, 6.45) is 3.64. The number of hydrogen-bond acceptors (Lipinski definition) is 5. The molecular formula is C11H15N5O. The molecule has 1 aliphatic heterocycles. The SMILES string of the molecule is NCC1CC[C@H](c2ccc3c(N)ncnn23)O1. The van der Waals surface area contributed by atoms with Crippen molar-refractivity contribution in [3.05, 3.63) is 24.2 Å². The molecule has 2 atom stereocenters. The first-order valence-corrected chi connectivity index (χ1v) is 5.73. The lowest BCUT2D eigenvalue weighted by atomic mass is 10.1. The van der Waals surface area contributed by atoms with Crippen LogP contribution in [0.3, 0.4) is 0 Å². The summed E-state index contributed by atoms with van der Waals surface area (Å²) in [5.41, 5.74) is 13.2. The molecule has 17 heavy (non-hydrogen) atoms. The van der Waals surface area contributed by atoms with Gasteiger partial charge in [-0.2, -0.15) is 5.10 Å². The summed E-state index contributed by atoms with van der Waals surface area (Å²) in [6.45, 7) is 0.566. The van der Waals surface area contributed by atoms with Gasteiger partial charge in [-0.15, -0.1) is 0 Å². The number of ether oxygens (including phenoxy) is 1. The Bertz CT molecular complexity index is 538. The van der Waals surface area contributed by atoms with Gasteiger partial charge in [-0.05, 0) is 25.0 Å². The second kappa shape index (κ2) is 3.97. The van der Waals surface area contributed by atoms with Crippen molar-refractivity contribution < 1.29 is 4.74 Å². The van der Waals surface area contributed by atoms with Crippen molar-refractivity contribution in [2.45, 2.75) is 25.0 Å². The quantitative estimate of drug-likeness (QED) is 0.787. The smallest absolute Gasteiger partial charge is 0.151 e. The standard InChI is InChI=1S/C11H15N5O/c12-5-7-1-4-10(17-7)8-2-3-9-11(13)14-6-15-16(8)9/h2-3,6-7,10H,1,4-5,12H2,(H2,13,14,15)/t7?,10-/m1/s1. The molecule has 0 bridgehead atoms. The second-order valence-electron chi connectivity index (χ2n) is 4.26. The highest BCUT2D eigenvalue weighted by molar-refractivity contribution is 5.65. The van der Waals surface area contributed by atoms with Crippen molar-refractivity contribution in [1.29, 1.82) is 0 Å². The van der Waals surface area contributed by atoms with Gasteiger partial charge in [0, 0.05) is 6.54 Å². The molecule has 3 rings (SSSR count). The highest BCUT2D eigenvalue weighted by Gasteiger charge is 2.27. The highest BCUT2D eigenvalue weighted by Crippen LogP contribution is 2.33. The monoisotopic (exact) mass is 233 g/mol. The van der Waals surface area contributed by atoms with E-state index in [0.29, 0.717) is 12.4 Å². The zero-order valence-corrected chi connectivity index (χ0v) is 9.41. The van der Waals surface area contributed by atoms with Crippen LogP contribution < -0.4 is 11.5 Å². The molecule has 2 aromatic rings. The Morgan fingerprint density at radius 3 is 3.06 bits per heavy atom. The Kier molecular flexibility index (Phi) is 2.45. The molecule has 6 nitrogen and oxygen atoms in total. The maximum absolute atomic E-state index is 5.86. The number of nitrogens with two attached hydrogens (primary N) is 2. The van der Waals surface area contributed by atoms with E-state index in [0.717, 1.165) is 24.1 Å². The normalized spacial score (nSPS) is 24.5. The van der Waals surface area contributed by atoms with Crippen molar-refractivity contribution in [3.8, 4) is 0 Å². The molecule has 0 amide bonds. The molecule has 1 saturated heterocycles. The molecule has 1 unspecified atom stereocenters. The van der Waals surface area contributed by atoms with Crippen molar-refractivity contribution in [3.63, 3.8) is 0 Å². The van der Waals surface area contributed by atoms with Crippen LogP contribution in [0.5, 0.6) is 0 Å². The van der Waals surface area contributed by atoms with E-state index in [1.807, 2.05) is 12.1 Å². The molecule has 90 valence electrons. The number of nitrogens with zero attached hydrogens (tertiary/aromatic N) is 3. The van der Waals surface area contributed by atoms with E-state index in [2.05, 4.69) is 10.1 Å². The summed E-state index contributed by atoms with van der Waals surface area (Å²) >= 11 is 0. The van der Waals surface area contributed by atoms with Crippen LogP contribution in [0.2, 0.25) is 0 Å². The zero-order valence-electron chi connectivity index (χ0n) is 9.41. The van der Waals surface area contributed by atoms with E-state index in [4.69, 9.17) is 16.2 Å². The van der Waals surface area contributed by atoms with Gasteiger partial charge in [0.1, 0.15) is 17.9 Å². The maximum atomic E-state index is 5.86. The molecular weight excluding hydrogens is 218 g/mol. The van der Waals surface area contributed by atoms with Crippen LogP contribution in [0.4, 0.5) is 5.82 Å². The van der Waals surface area contributed by atoms with E-state index in [9.17, 15) is 0 Å². The predicted molar refractivity (Wildman–Crippen MR) is 63.3 cm³/mol. The van der Waals surface area contributed by atoms with Crippen LogP contribution >= 0.6 is 0 Å². The van der Waals surface area contributed by atoms with Crippen molar-refractivity contribution in [1.82, 2.24) is 14.6 Å². The number of fused-ring (bicyclic) bond motifs is 1. The van der Waals surface area contributed by atoms with Crippen molar-refractivity contribution in [2.24, 2.45) is 5.73 Å². The Morgan fingerprint density at radius 2 is 2.29 bits per heavy atom. The molecule has 2 aromatic heterocycles. The third-order valence-electron chi connectivity index (χ3n) is 3.21. The topological polar surface area (TPSA) is 91.5 Å². The summed E-state index contributed by atoms with van der Waals surface area (Å²) in [5.74, 6) is 0.486. The minimum Gasteiger partial charge on any atom is -0.382 e. The lowest BCUT2D eigenvalue weighted by Crippen LogP contribution is -2.19. The summed E-state index contributed by atoms with van der Waals surface area (Å²) in [4.78, 5) is 3.96. The van der Waals surface area contributed by atoms with E-state index in [1.165, 1.54) is 6.33 Å². The summed E-state index contributed by atoms with van der Waals surface area (Å²) in [7, 11) is 0. The first-order valence-electron chi connectivity index (χ1n) is 5.73. The molecule has 1 aliphatic rings. The fourth-order valence-electron chi connectivity index (χ4n) is 2.31. The summed E-state index contributed by atoms with van der Waals surface area (Å²) in [5, 5.41) is 4.21. The number of nitrogen functional groups attached to an aromatic ring is 1. The van der Waals surface area contributed by atoms with E-state index >= 15 is 0 Å². The Balaban J connectivity index is 1.99. The van der Waals surface area contributed by atoms with Gasteiger partial charge in [-0.25, -0.2) is 9.50 Å². The van der Waals surface area contributed by atoms with Crippen LogP contribution in [0, 0.1) is 0 Å². The molecule has 0 aliphatic carbocycles. The summed E-state index contributed by atoms with van der Waals surface area (Å²) in [6, 6.07) is 3.91. The molecule has 0 radical (unpaired) electrons. The van der Waals surface area contributed by atoms with Crippen LogP contribution in [0.15, 0.2) is 18.5 Å². The molecule has 0 spiro atoms. The zero-order chi connectivity index (χ0) is 11.8. The summed E-state index contributed by atoms with van der Waals surface area (Å²) < 4.78 is 7.65. The fourth-order valence-corrected chi connectivity index (χ4v) is 2.31. The second-order valence-corrected chi connectivity index (χ2v) is 4.26. The number of rotatable bonds is 2. The van der Waals surface area contributed by atoms with Gasteiger partial charge in [-0.3, -0.25) is 0 Å². The number of anilines is 1. The lowest BCUT2D eigenvalue weighted by Gasteiger charge is -2.12. The predicted octanol–water partition coefficient (Wildman–Crippen LogP) is 0.490. The van der Waals surface area contributed by atoms with Crippen LogP contribution in [-0.4, -0.2) is 27.2 Å². The minimum absolute atomic E-state index is 0.0559. The highest BCUT2D eigenvalue weighted by atomic mass is 16.5. The fraction of sp³-hybridized carbons (Fsp3) is 0.455. The van der Waals surface area contributed by atoms with Gasteiger partial charge in [0.2, 0.25) is 0 Å².